The summed E-state index contributed by atoms with van der Waals surface area (Å²) in [5.41, 5.74) is 7.83. The Morgan fingerprint density at radius 2 is 1.94 bits per heavy atom. The molecule has 0 bridgehead atoms. The molecule has 0 saturated heterocycles. The highest BCUT2D eigenvalue weighted by Gasteiger charge is 2.06. The molecular formula is C14H24N2O. The second kappa shape index (κ2) is 7.05. The standard InChI is InChI=1S/C14H24N2O/c1-4-7-8-16(5-2)13-9-12(15)10-14(11-13)17-6-3/h9-11H,4-8,15H2,1-3H3. The number of unbranched alkanes of at least 4 members (excludes halogenated alkanes) is 1. The summed E-state index contributed by atoms with van der Waals surface area (Å²) in [6.07, 6.45) is 2.41. The maximum atomic E-state index is 5.90. The van der Waals surface area contributed by atoms with Crippen LogP contribution in [0.2, 0.25) is 0 Å². The zero-order valence-corrected chi connectivity index (χ0v) is 11.2. The van der Waals surface area contributed by atoms with Crippen molar-refractivity contribution in [3.63, 3.8) is 0 Å². The van der Waals surface area contributed by atoms with E-state index >= 15 is 0 Å². The second-order valence-electron chi connectivity index (χ2n) is 4.13. The Kier molecular flexibility index (Phi) is 5.67. The van der Waals surface area contributed by atoms with Crippen LogP contribution in [0.5, 0.6) is 5.75 Å². The van der Waals surface area contributed by atoms with Crippen LogP contribution in [0.15, 0.2) is 18.2 Å². The van der Waals surface area contributed by atoms with Gasteiger partial charge in [-0.25, -0.2) is 0 Å². The summed E-state index contributed by atoms with van der Waals surface area (Å²) in [6, 6.07) is 5.96. The average Bonchev–Trinajstić information content (AvgIpc) is 2.30. The largest absolute Gasteiger partial charge is 0.494 e. The van der Waals surface area contributed by atoms with Crippen molar-refractivity contribution in [3.8, 4) is 5.75 Å². The molecule has 1 aromatic carbocycles. The van der Waals surface area contributed by atoms with Gasteiger partial charge in [0.25, 0.3) is 0 Å². The number of hydrogen-bond acceptors (Lipinski definition) is 3. The summed E-state index contributed by atoms with van der Waals surface area (Å²) >= 11 is 0. The van der Waals surface area contributed by atoms with E-state index < -0.39 is 0 Å². The average molecular weight is 236 g/mol. The fraction of sp³-hybridized carbons (Fsp3) is 0.571. The quantitative estimate of drug-likeness (QED) is 0.738. The van der Waals surface area contributed by atoms with Gasteiger partial charge in [-0.3, -0.25) is 0 Å². The molecular weight excluding hydrogens is 212 g/mol. The minimum absolute atomic E-state index is 0.671. The number of nitrogens with zero attached hydrogens (tertiary/aromatic N) is 1. The maximum absolute atomic E-state index is 5.90. The van der Waals surface area contributed by atoms with Crippen molar-refractivity contribution in [2.45, 2.75) is 33.6 Å². The molecule has 0 amide bonds. The smallest absolute Gasteiger partial charge is 0.123 e. The molecule has 0 aliphatic heterocycles. The monoisotopic (exact) mass is 236 g/mol. The molecule has 0 unspecified atom stereocenters. The van der Waals surface area contributed by atoms with Crippen molar-refractivity contribution >= 4 is 11.4 Å². The highest BCUT2D eigenvalue weighted by atomic mass is 16.5. The van der Waals surface area contributed by atoms with Crippen LogP contribution in [0, 0.1) is 0 Å². The number of anilines is 2. The van der Waals surface area contributed by atoms with Crippen molar-refractivity contribution in [2.75, 3.05) is 30.3 Å². The molecule has 3 heteroatoms. The van der Waals surface area contributed by atoms with Gasteiger partial charge < -0.3 is 15.4 Å². The van der Waals surface area contributed by atoms with E-state index in [1.807, 2.05) is 19.1 Å². The Hall–Kier alpha value is -1.38. The highest BCUT2D eigenvalue weighted by Crippen LogP contribution is 2.25. The molecule has 0 fully saturated rings. The van der Waals surface area contributed by atoms with Crippen LogP contribution in [-0.2, 0) is 0 Å². The predicted molar refractivity (Wildman–Crippen MR) is 74.8 cm³/mol. The summed E-state index contributed by atoms with van der Waals surface area (Å²) in [5, 5.41) is 0. The molecule has 0 spiro atoms. The van der Waals surface area contributed by atoms with Crippen LogP contribution in [0.25, 0.3) is 0 Å². The normalized spacial score (nSPS) is 10.3. The number of benzene rings is 1. The Morgan fingerprint density at radius 1 is 1.18 bits per heavy atom. The molecule has 17 heavy (non-hydrogen) atoms. The Bertz CT molecular complexity index is 339. The van der Waals surface area contributed by atoms with Gasteiger partial charge in [-0.2, -0.15) is 0 Å². The molecule has 3 nitrogen and oxygen atoms in total. The van der Waals surface area contributed by atoms with Crippen LogP contribution >= 0.6 is 0 Å². The Labute approximate surface area is 105 Å². The molecule has 0 aliphatic rings. The van der Waals surface area contributed by atoms with Gasteiger partial charge in [-0.1, -0.05) is 13.3 Å². The van der Waals surface area contributed by atoms with E-state index in [9.17, 15) is 0 Å². The van der Waals surface area contributed by atoms with Gasteiger partial charge in [0.15, 0.2) is 0 Å². The van der Waals surface area contributed by atoms with E-state index in [1.54, 1.807) is 0 Å². The van der Waals surface area contributed by atoms with E-state index in [-0.39, 0.29) is 0 Å². The van der Waals surface area contributed by atoms with Crippen LogP contribution in [0.1, 0.15) is 33.6 Å². The van der Waals surface area contributed by atoms with Crippen molar-refractivity contribution in [1.82, 2.24) is 0 Å². The first kappa shape index (κ1) is 13.7. The van der Waals surface area contributed by atoms with Crippen LogP contribution in [0.4, 0.5) is 11.4 Å². The third-order valence-electron chi connectivity index (χ3n) is 2.75. The highest BCUT2D eigenvalue weighted by molar-refractivity contribution is 5.60. The topological polar surface area (TPSA) is 38.5 Å². The zero-order valence-electron chi connectivity index (χ0n) is 11.2. The lowest BCUT2D eigenvalue weighted by molar-refractivity contribution is 0.340. The fourth-order valence-corrected chi connectivity index (χ4v) is 1.86. The lowest BCUT2D eigenvalue weighted by Crippen LogP contribution is -2.23. The van der Waals surface area contributed by atoms with Gasteiger partial charge in [0, 0.05) is 36.6 Å². The summed E-state index contributed by atoms with van der Waals surface area (Å²) < 4.78 is 5.52. The van der Waals surface area contributed by atoms with E-state index in [0.29, 0.717) is 6.61 Å². The summed E-state index contributed by atoms with van der Waals surface area (Å²) in [5.74, 6) is 0.859. The van der Waals surface area contributed by atoms with E-state index in [1.165, 1.54) is 12.8 Å². The first-order valence-electron chi connectivity index (χ1n) is 6.49. The molecule has 0 aliphatic carbocycles. The van der Waals surface area contributed by atoms with Crippen molar-refractivity contribution in [2.24, 2.45) is 0 Å². The summed E-state index contributed by atoms with van der Waals surface area (Å²) in [4.78, 5) is 2.34. The Morgan fingerprint density at radius 3 is 2.53 bits per heavy atom. The lowest BCUT2D eigenvalue weighted by Gasteiger charge is -2.24. The third-order valence-corrected chi connectivity index (χ3v) is 2.75. The molecule has 0 heterocycles. The molecule has 2 N–H and O–H groups in total. The van der Waals surface area contributed by atoms with Crippen molar-refractivity contribution in [3.05, 3.63) is 18.2 Å². The second-order valence-corrected chi connectivity index (χ2v) is 4.13. The van der Waals surface area contributed by atoms with Crippen LogP contribution in [0.3, 0.4) is 0 Å². The molecule has 0 saturated carbocycles. The number of hydrogen-bond donors (Lipinski definition) is 1. The fourth-order valence-electron chi connectivity index (χ4n) is 1.86. The van der Waals surface area contributed by atoms with E-state index in [2.05, 4.69) is 24.8 Å². The maximum Gasteiger partial charge on any atom is 0.123 e. The predicted octanol–water partition coefficient (Wildman–Crippen LogP) is 3.29. The van der Waals surface area contributed by atoms with Gasteiger partial charge in [0.05, 0.1) is 6.61 Å². The molecule has 96 valence electrons. The molecule has 0 aromatic heterocycles. The van der Waals surface area contributed by atoms with Crippen LogP contribution in [-0.4, -0.2) is 19.7 Å². The van der Waals surface area contributed by atoms with Gasteiger partial charge in [0.1, 0.15) is 5.75 Å². The van der Waals surface area contributed by atoms with Crippen LogP contribution < -0.4 is 15.4 Å². The minimum Gasteiger partial charge on any atom is -0.494 e. The number of ether oxygens (including phenoxy) is 1. The minimum atomic E-state index is 0.671. The summed E-state index contributed by atoms with van der Waals surface area (Å²) in [7, 11) is 0. The number of nitrogens with two attached hydrogens (primary N) is 1. The lowest BCUT2D eigenvalue weighted by atomic mass is 10.2. The van der Waals surface area contributed by atoms with Gasteiger partial charge in [0.2, 0.25) is 0 Å². The Balaban J connectivity index is 2.85. The molecule has 1 rings (SSSR count). The molecule has 0 radical (unpaired) electrons. The van der Waals surface area contributed by atoms with E-state index in [0.717, 1.165) is 30.2 Å². The number of rotatable bonds is 7. The van der Waals surface area contributed by atoms with Crippen molar-refractivity contribution in [1.29, 1.82) is 0 Å². The molecule has 1 aromatic rings. The van der Waals surface area contributed by atoms with Crippen molar-refractivity contribution < 1.29 is 4.74 Å². The first-order valence-corrected chi connectivity index (χ1v) is 6.49. The number of nitrogen functional groups attached to an aromatic ring is 1. The van der Waals surface area contributed by atoms with Gasteiger partial charge in [-0.05, 0) is 26.3 Å². The SMILES string of the molecule is CCCCN(CC)c1cc(N)cc(OCC)c1. The van der Waals surface area contributed by atoms with E-state index in [4.69, 9.17) is 10.5 Å². The van der Waals surface area contributed by atoms with Gasteiger partial charge >= 0.3 is 0 Å². The third kappa shape index (κ3) is 4.17. The van der Waals surface area contributed by atoms with Gasteiger partial charge in [-0.15, -0.1) is 0 Å². The zero-order chi connectivity index (χ0) is 12.7. The first-order chi connectivity index (χ1) is 8.21. The summed E-state index contributed by atoms with van der Waals surface area (Å²) in [6.45, 7) is 9.09. The molecule has 0 atom stereocenters.